The van der Waals surface area contributed by atoms with Crippen molar-refractivity contribution in [3.05, 3.63) is 60.2 Å². The molecule has 2 aromatic carbocycles. The van der Waals surface area contributed by atoms with E-state index in [0.29, 0.717) is 23.9 Å². The first-order valence-electron chi connectivity index (χ1n) is 8.80. The smallest absolute Gasteiger partial charge is 0.243 e. The molecule has 0 aromatic heterocycles. The molecule has 6 nitrogen and oxygen atoms in total. The number of thiocarbonyl (C=S) groups is 1. The zero-order chi connectivity index (χ0) is 19.2. The van der Waals surface area contributed by atoms with Crippen LogP contribution >= 0.6 is 12.2 Å². The first kappa shape index (κ1) is 18.8. The number of hydrogen-bond acceptors (Lipinski definition) is 3. The van der Waals surface area contributed by atoms with Gasteiger partial charge < -0.3 is 20.9 Å². The normalized spacial score (nSPS) is 16.4. The molecule has 0 bridgehead atoms. The van der Waals surface area contributed by atoms with Crippen LogP contribution in [-0.4, -0.2) is 41.0 Å². The van der Waals surface area contributed by atoms with E-state index in [0.717, 1.165) is 11.3 Å². The number of carbonyl (C=O) groups is 2. The highest BCUT2D eigenvalue weighted by Crippen LogP contribution is 2.15. The van der Waals surface area contributed by atoms with Crippen LogP contribution in [0.1, 0.15) is 12.0 Å². The van der Waals surface area contributed by atoms with E-state index in [4.69, 9.17) is 12.2 Å². The maximum Gasteiger partial charge on any atom is 0.243 e. The van der Waals surface area contributed by atoms with Gasteiger partial charge in [0.05, 0.1) is 6.42 Å². The number of para-hydroxylation sites is 1. The molecule has 1 heterocycles. The van der Waals surface area contributed by atoms with Gasteiger partial charge in [0.25, 0.3) is 0 Å². The summed E-state index contributed by atoms with van der Waals surface area (Å²) in [5.41, 5.74) is 2.61. The molecule has 0 spiro atoms. The predicted octanol–water partition coefficient (Wildman–Crippen LogP) is 2.52. The van der Waals surface area contributed by atoms with E-state index < -0.39 is 6.04 Å². The van der Waals surface area contributed by atoms with E-state index in [1.54, 1.807) is 4.90 Å². The Balaban J connectivity index is 1.67. The van der Waals surface area contributed by atoms with Gasteiger partial charge >= 0.3 is 0 Å². The van der Waals surface area contributed by atoms with E-state index in [-0.39, 0.29) is 18.2 Å². The molecule has 2 amide bonds. The van der Waals surface area contributed by atoms with E-state index in [1.807, 2.05) is 61.5 Å². The first-order valence-corrected chi connectivity index (χ1v) is 9.20. The molecular weight excluding hydrogens is 360 g/mol. The molecule has 0 aliphatic carbocycles. The lowest BCUT2D eigenvalue weighted by Crippen LogP contribution is -2.58. The standard InChI is InChI=1S/C20H22N4O2S/c1-14-6-5-9-16(12-14)22-18(25)13-17-19(26)21-10-11-24(17)20(27)23-15-7-3-2-4-8-15/h2-9,12,17H,10-11,13H2,1H3,(H,21,26)(H,22,25)(H,23,27)/t17-/m1/s1. The summed E-state index contributed by atoms with van der Waals surface area (Å²) in [5, 5.41) is 9.23. The monoisotopic (exact) mass is 382 g/mol. The van der Waals surface area contributed by atoms with E-state index in [2.05, 4.69) is 16.0 Å². The Bertz CT molecular complexity index is 841. The highest BCUT2D eigenvalue weighted by atomic mass is 32.1. The lowest BCUT2D eigenvalue weighted by atomic mass is 10.1. The summed E-state index contributed by atoms with van der Waals surface area (Å²) in [5.74, 6) is -0.423. The van der Waals surface area contributed by atoms with Crippen molar-refractivity contribution in [2.24, 2.45) is 0 Å². The zero-order valence-electron chi connectivity index (χ0n) is 15.1. The third-order valence-corrected chi connectivity index (χ3v) is 4.63. The Kier molecular flexibility index (Phi) is 6.03. The van der Waals surface area contributed by atoms with Crippen molar-refractivity contribution in [1.82, 2.24) is 10.2 Å². The Labute approximate surface area is 163 Å². The highest BCUT2D eigenvalue weighted by molar-refractivity contribution is 7.80. The lowest BCUT2D eigenvalue weighted by molar-refractivity contribution is -0.130. The van der Waals surface area contributed by atoms with E-state index in [1.165, 1.54) is 0 Å². The largest absolute Gasteiger partial charge is 0.353 e. The molecule has 1 aliphatic rings. The van der Waals surface area contributed by atoms with E-state index in [9.17, 15) is 9.59 Å². The van der Waals surface area contributed by atoms with Crippen molar-refractivity contribution in [3.8, 4) is 0 Å². The number of nitrogens with one attached hydrogen (secondary N) is 3. The van der Waals surface area contributed by atoms with Crippen LogP contribution in [-0.2, 0) is 9.59 Å². The Morgan fingerprint density at radius 2 is 1.89 bits per heavy atom. The van der Waals surface area contributed by atoms with Crippen molar-refractivity contribution in [3.63, 3.8) is 0 Å². The van der Waals surface area contributed by atoms with Crippen molar-refractivity contribution in [1.29, 1.82) is 0 Å². The molecule has 1 atom stereocenters. The third-order valence-electron chi connectivity index (χ3n) is 4.30. The summed E-state index contributed by atoms with van der Waals surface area (Å²) in [6.45, 7) is 3.00. The van der Waals surface area contributed by atoms with Crippen LogP contribution < -0.4 is 16.0 Å². The molecular formula is C20H22N4O2S. The summed E-state index contributed by atoms with van der Waals surface area (Å²) in [6, 6.07) is 16.4. The second-order valence-electron chi connectivity index (χ2n) is 6.42. The molecule has 0 unspecified atom stereocenters. The summed E-state index contributed by atoms with van der Waals surface area (Å²) in [4.78, 5) is 26.6. The zero-order valence-corrected chi connectivity index (χ0v) is 15.9. The number of carbonyl (C=O) groups excluding carboxylic acids is 2. The topological polar surface area (TPSA) is 73.5 Å². The van der Waals surface area contributed by atoms with E-state index >= 15 is 0 Å². The van der Waals surface area contributed by atoms with Gasteiger partial charge in [0, 0.05) is 24.5 Å². The molecule has 0 saturated carbocycles. The summed E-state index contributed by atoms with van der Waals surface area (Å²) in [6.07, 6.45) is 0.0242. The molecule has 1 aliphatic heterocycles. The Morgan fingerprint density at radius 1 is 1.15 bits per heavy atom. The molecule has 1 saturated heterocycles. The Hall–Kier alpha value is -2.93. The van der Waals surface area contributed by atoms with Crippen molar-refractivity contribution >= 4 is 40.5 Å². The summed E-state index contributed by atoms with van der Waals surface area (Å²) >= 11 is 5.49. The van der Waals surface area contributed by atoms with Gasteiger partial charge in [-0.3, -0.25) is 9.59 Å². The molecule has 7 heteroatoms. The van der Waals surface area contributed by atoms with Crippen molar-refractivity contribution in [2.75, 3.05) is 23.7 Å². The molecule has 1 fully saturated rings. The number of benzene rings is 2. The number of anilines is 2. The fraction of sp³-hybridized carbons (Fsp3) is 0.250. The second kappa shape index (κ2) is 8.64. The van der Waals surface area contributed by atoms with Crippen LogP contribution in [0.2, 0.25) is 0 Å². The second-order valence-corrected chi connectivity index (χ2v) is 6.80. The predicted molar refractivity (Wildman–Crippen MR) is 111 cm³/mol. The number of nitrogens with zero attached hydrogens (tertiary/aromatic N) is 1. The molecule has 0 radical (unpaired) electrons. The van der Waals surface area contributed by atoms with Gasteiger partial charge in [-0.2, -0.15) is 0 Å². The van der Waals surface area contributed by atoms with Crippen LogP contribution in [0.5, 0.6) is 0 Å². The molecule has 140 valence electrons. The molecule has 2 aromatic rings. The van der Waals surface area contributed by atoms with Gasteiger partial charge in [-0.05, 0) is 49.0 Å². The Morgan fingerprint density at radius 3 is 2.63 bits per heavy atom. The fourth-order valence-corrected chi connectivity index (χ4v) is 3.32. The quantitative estimate of drug-likeness (QED) is 0.709. The summed E-state index contributed by atoms with van der Waals surface area (Å²) < 4.78 is 0. The van der Waals surface area contributed by atoms with Gasteiger partial charge in [0.15, 0.2) is 5.11 Å². The maximum atomic E-state index is 12.5. The number of amides is 2. The van der Waals surface area contributed by atoms with Crippen LogP contribution in [0, 0.1) is 6.92 Å². The van der Waals surface area contributed by atoms with Crippen molar-refractivity contribution < 1.29 is 9.59 Å². The number of rotatable bonds is 4. The van der Waals surface area contributed by atoms with Gasteiger partial charge in [-0.25, -0.2) is 0 Å². The first-order chi connectivity index (χ1) is 13.0. The number of hydrogen-bond donors (Lipinski definition) is 3. The van der Waals surface area contributed by atoms with Gasteiger partial charge in [-0.1, -0.05) is 30.3 Å². The van der Waals surface area contributed by atoms with Crippen molar-refractivity contribution in [2.45, 2.75) is 19.4 Å². The fourth-order valence-electron chi connectivity index (χ4n) is 2.99. The number of piperazine rings is 1. The average molecular weight is 382 g/mol. The summed E-state index contributed by atoms with van der Waals surface area (Å²) in [7, 11) is 0. The maximum absolute atomic E-state index is 12.5. The minimum Gasteiger partial charge on any atom is -0.353 e. The molecule has 3 N–H and O–H groups in total. The minimum absolute atomic E-state index is 0.0242. The van der Waals surface area contributed by atoms with Crippen LogP contribution in [0.3, 0.4) is 0 Å². The molecule has 27 heavy (non-hydrogen) atoms. The number of aryl methyl sites for hydroxylation is 1. The third kappa shape index (κ3) is 5.04. The van der Waals surface area contributed by atoms with Gasteiger partial charge in [0.1, 0.15) is 6.04 Å². The average Bonchev–Trinajstić information content (AvgIpc) is 2.64. The van der Waals surface area contributed by atoms with Gasteiger partial charge in [-0.15, -0.1) is 0 Å². The highest BCUT2D eigenvalue weighted by Gasteiger charge is 2.33. The van der Waals surface area contributed by atoms with Crippen LogP contribution in [0.4, 0.5) is 11.4 Å². The minimum atomic E-state index is -0.646. The lowest BCUT2D eigenvalue weighted by Gasteiger charge is -2.36. The van der Waals surface area contributed by atoms with Crippen LogP contribution in [0.25, 0.3) is 0 Å². The van der Waals surface area contributed by atoms with Crippen LogP contribution in [0.15, 0.2) is 54.6 Å². The molecule has 3 rings (SSSR count). The SMILES string of the molecule is Cc1cccc(NC(=O)C[C@@H]2C(=O)NCCN2C(=S)Nc2ccccc2)c1. The van der Waals surface area contributed by atoms with Gasteiger partial charge in [0.2, 0.25) is 11.8 Å².